The van der Waals surface area contributed by atoms with Crippen molar-refractivity contribution in [2.75, 3.05) is 11.9 Å². The van der Waals surface area contributed by atoms with Gasteiger partial charge < -0.3 is 0 Å². The summed E-state index contributed by atoms with van der Waals surface area (Å²) in [7, 11) is -3.47. The molecule has 0 fully saturated rings. The van der Waals surface area contributed by atoms with Crippen molar-refractivity contribution in [1.29, 1.82) is 0 Å². The van der Waals surface area contributed by atoms with Gasteiger partial charge in [0, 0.05) is 18.4 Å². The third kappa shape index (κ3) is 4.16. The summed E-state index contributed by atoms with van der Waals surface area (Å²) in [6.07, 6.45) is 0. The van der Waals surface area contributed by atoms with Crippen molar-refractivity contribution < 1.29 is 8.42 Å². The van der Waals surface area contributed by atoms with Gasteiger partial charge in [0.25, 0.3) is 10.0 Å². The monoisotopic (exact) mass is 451 g/mol. The Morgan fingerprint density at radius 2 is 1.90 bits per heavy atom. The number of hydrogen-bond donors (Lipinski definition) is 0. The smallest absolute Gasteiger partial charge is 0.206 e. The fourth-order valence-electron chi connectivity index (χ4n) is 1.85. The van der Waals surface area contributed by atoms with E-state index in [0.29, 0.717) is 22.6 Å². The second kappa shape index (κ2) is 7.37. The molecular formula is C14H15Br2NO2S2. The van der Waals surface area contributed by atoms with E-state index in [9.17, 15) is 8.42 Å². The van der Waals surface area contributed by atoms with Crippen LogP contribution in [0.4, 0.5) is 0 Å². The largest absolute Gasteiger partial charge is 0.252 e. The summed E-state index contributed by atoms with van der Waals surface area (Å²) in [6, 6.07) is 11.3. The van der Waals surface area contributed by atoms with Gasteiger partial charge >= 0.3 is 0 Å². The first kappa shape index (κ1) is 17.1. The molecule has 1 aromatic heterocycles. The Labute approximate surface area is 146 Å². The predicted octanol–water partition coefficient (Wildman–Crippen LogP) is 4.40. The van der Waals surface area contributed by atoms with Gasteiger partial charge in [-0.25, -0.2) is 8.42 Å². The molecule has 0 bridgehead atoms. The van der Waals surface area contributed by atoms with Crippen LogP contribution in [0.2, 0.25) is 0 Å². The molecule has 0 aliphatic rings. The highest BCUT2D eigenvalue weighted by molar-refractivity contribution is 9.11. The fourth-order valence-corrected chi connectivity index (χ4v) is 6.32. The van der Waals surface area contributed by atoms with Crippen molar-refractivity contribution >= 4 is 53.2 Å². The molecule has 0 atom stereocenters. The van der Waals surface area contributed by atoms with E-state index in [0.717, 1.165) is 14.9 Å². The van der Waals surface area contributed by atoms with Crippen LogP contribution >= 0.6 is 43.2 Å². The number of alkyl halides is 1. The lowest BCUT2D eigenvalue weighted by Gasteiger charge is -2.20. The minimum atomic E-state index is -3.47. The Bertz CT molecular complexity index is 680. The molecule has 0 N–H and O–H groups in total. The Morgan fingerprint density at radius 1 is 1.24 bits per heavy atom. The summed E-state index contributed by atoms with van der Waals surface area (Å²) in [5.74, 6) is 0. The Hall–Kier alpha value is -0.210. The van der Waals surface area contributed by atoms with Gasteiger partial charge in [0.1, 0.15) is 4.21 Å². The van der Waals surface area contributed by atoms with Gasteiger partial charge in [0.05, 0.1) is 3.79 Å². The van der Waals surface area contributed by atoms with Gasteiger partial charge in [0.15, 0.2) is 0 Å². The lowest BCUT2D eigenvalue weighted by molar-refractivity contribution is 0.428. The van der Waals surface area contributed by atoms with E-state index in [2.05, 4.69) is 31.9 Å². The maximum Gasteiger partial charge on any atom is 0.252 e. The second-order valence-corrected chi connectivity index (χ2v) is 9.86. The number of rotatable bonds is 6. The first-order valence-electron chi connectivity index (χ1n) is 6.31. The van der Waals surface area contributed by atoms with Gasteiger partial charge in [-0.15, -0.1) is 11.3 Å². The molecule has 3 nitrogen and oxygen atoms in total. The summed E-state index contributed by atoms with van der Waals surface area (Å²) in [5, 5.41) is 0.602. The van der Waals surface area contributed by atoms with Crippen LogP contribution in [0, 0.1) is 6.92 Å². The molecule has 0 saturated heterocycles. The highest BCUT2D eigenvalue weighted by Gasteiger charge is 2.26. The van der Waals surface area contributed by atoms with E-state index in [-0.39, 0.29) is 0 Å². The molecule has 1 aromatic carbocycles. The molecule has 2 rings (SSSR count). The van der Waals surface area contributed by atoms with Crippen molar-refractivity contribution in [3.8, 4) is 0 Å². The van der Waals surface area contributed by atoms with Gasteiger partial charge in [-0.2, -0.15) is 4.31 Å². The summed E-state index contributed by atoms with van der Waals surface area (Å²) < 4.78 is 28.3. The van der Waals surface area contributed by atoms with Crippen LogP contribution < -0.4 is 0 Å². The van der Waals surface area contributed by atoms with Crippen LogP contribution in [-0.4, -0.2) is 24.6 Å². The van der Waals surface area contributed by atoms with Crippen molar-refractivity contribution in [3.05, 3.63) is 51.3 Å². The fraction of sp³-hybridized carbons (Fsp3) is 0.286. The number of halogens is 2. The lowest BCUT2D eigenvalue weighted by Crippen LogP contribution is -2.31. The van der Waals surface area contributed by atoms with E-state index in [1.165, 1.54) is 15.6 Å². The van der Waals surface area contributed by atoms with Crippen LogP contribution in [0.15, 0.2) is 44.4 Å². The summed E-state index contributed by atoms with van der Waals surface area (Å²) in [5.41, 5.74) is 1.92. The quantitative estimate of drug-likeness (QED) is 0.609. The molecule has 1 heterocycles. The molecule has 0 aliphatic heterocycles. The van der Waals surface area contributed by atoms with Crippen molar-refractivity contribution in [3.63, 3.8) is 0 Å². The predicted molar refractivity (Wildman–Crippen MR) is 94.6 cm³/mol. The van der Waals surface area contributed by atoms with Crippen LogP contribution in [-0.2, 0) is 16.6 Å². The van der Waals surface area contributed by atoms with Crippen LogP contribution in [0.1, 0.15) is 11.1 Å². The maximum atomic E-state index is 12.8. The highest BCUT2D eigenvalue weighted by Crippen LogP contribution is 2.32. The molecule has 0 aliphatic carbocycles. The van der Waals surface area contributed by atoms with Crippen molar-refractivity contribution in [1.82, 2.24) is 4.31 Å². The average Bonchev–Trinajstić information content (AvgIpc) is 2.80. The standard InChI is InChI=1S/C14H15Br2NO2S2/c1-11-9-13(20-14(11)16)21(18,19)17(8-7-15)10-12-5-3-2-4-6-12/h2-6,9H,7-8,10H2,1H3. The normalized spacial score (nSPS) is 12.0. The van der Waals surface area contributed by atoms with E-state index < -0.39 is 10.0 Å². The number of hydrogen-bond acceptors (Lipinski definition) is 3. The van der Waals surface area contributed by atoms with Crippen molar-refractivity contribution in [2.24, 2.45) is 0 Å². The van der Waals surface area contributed by atoms with Crippen molar-refractivity contribution in [2.45, 2.75) is 17.7 Å². The number of benzene rings is 1. The molecule has 0 spiro atoms. The molecular weight excluding hydrogens is 438 g/mol. The number of thiophene rings is 1. The second-order valence-electron chi connectivity index (χ2n) is 4.54. The zero-order valence-electron chi connectivity index (χ0n) is 11.4. The third-order valence-corrected chi connectivity index (χ3v) is 7.75. The van der Waals surface area contributed by atoms with Gasteiger partial charge in [-0.05, 0) is 40.0 Å². The average molecular weight is 453 g/mol. The van der Waals surface area contributed by atoms with Gasteiger partial charge in [0.2, 0.25) is 0 Å². The topological polar surface area (TPSA) is 37.4 Å². The Kier molecular flexibility index (Phi) is 6.02. The van der Waals surface area contributed by atoms with E-state index in [4.69, 9.17) is 0 Å². The van der Waals surface area contributed by atoms with Gasteiger partial charge in [-0.3, -0.25) is 0 Å². The maximum absolute atomic E-state index is 12.8. The summed E-state index contributed by atoms with van der Waals surface area (Å²) in [6.45, 7) is 2.71. The number of aryl methyl sites for hydroxylation is 1. The number of nitrogens with zero attached hydrogens (tertiary/aromatic N) is 1. The van der Waals surface area contributed by atoms with Crippen LogP contribution in [0.25, 0.3) is 0 Å². The Morgan fingerprint density at radius 3 is 2.43 bits per heavy atom. The summed E-state index contributed by atoms with van der Waals surface area (Å²) >= 11 is 7.98. The molecule has 0 amide bonds. The third-order valence-electron chi connectivity index (χ3n) is 2.96. The first-order chi connectivity index (χ1) is 9.95. The zero-order valence-corrected chi connectivity index (χ0v) is 16.2. The molecule has 0 radical (unpaired) electrons. The minimum absolute atomic E-state index is 0.378. The van der Waals surface area contributed by atoms with Crippen LogP contribution in [0.5, 0.6) is 0 Å². The first-order valence-corrected chi connectivity index (χ1v) is 10.5. The Balaban J connectivity index is 2.32. The highest BCUT2D eigenvalue weighted by atomic mass is 79.9. The lowest BCUT2D eigenvalue weighted by atomic mass is 10.2. The van der Waals surface area contributed by atoms with E-state index in [1.807, 2.05) is 37.3 Å². The SMILES string of the molecule is Cc1cc(S(=O)(=O)N(CCBr)Cc2ccccc2)sc1Br. The molecule has 2 aromatic rings. The van der Waals surface area contributed by atoms with E-state index in [1.54, 1.807) is 6.07 Å². The van der Waals surface area contributed by atoms with E-state index >= 15 is 0 Å². The summed E-state index contributed by atoms with van der Waals surface area (Å²) in [4.78, 5) is 0. The molecule has 21 heavy (non-hydrogen) atoms. The molecule has 0 saturated carbocycles. The van der Waals surface area contributed by atoms with Crippen LogP contribution in [0.3, 0.4) is 0 Å². The minimum Gasteiger partial charge on any atom is -0.206 e. The van der Waals surface area contributed by atoms with Gasteiger partial charge in [-0.1, -0.05) is 46.3 Å². The molecule has 7 heteroatoms. The molecule has 0 unspecified atom stereocenters. The zero-order chi connectivity index (χ0) is 15.5. The molecule has 114 valence electrons. The number of sulfonamides is 1.